The van der Waals surface area contributed by atoms with Crippen molar-refractivity contribution in [3.05, 3.63) is 59.7 Å². The van der Waals surface area contributed by atoms with Crippen molar-refractivity contribution < 1.29 is 19.0 Å². The zero-order chi connectivity index (χ0) is 20.3. The zero-order valence-electron chi connectivity index (χ0n) is 16.7. The first-order valence-corrected chi connectivity index (χ1v) is 10.2. The highest BCUT2D eigenvalue weighted by molar-refractivity contribution is 5.79. The van der Waals surface area contributed by atoms with Gasteiger partial charge in [0.05, 0.1) is 5.92 Å². The molecular weight excluding hydrogens is 368 g/mol. The van der Waals surface area contributed by atoms with Gasteiger partial charge in [-0.25, -0.2) is 0 Å². The van der Waals surface area contributed by atoms with Crippen LogP contribution >= 0.6 is 0 Å². The third kappa shape index (κ3) is 4.09. The molecule has 6 heteroatoms. The summed E-state index contributed by atoms with van der Waals surface area (Å²) in [4.78, 5) is 12.9. The van der Waals surface area contributed by atoms with E-state index in [1.807, 2.05) is 49.4 Å². The maximum atomic E-state index is 12.9. The maximum Gasteiger partial charge on any atom is 0.231 e. The van der Waals surface area contributed by atoms with Gasteiger partial charge in [0.2, 0.25) is 12.7 Å². The summed E-state index contributed by atoms with van der Waals surface area (Å²) < 4.78 is 16.6. The lowest BCUT2D eigenvalue weighted by molar-refractivity contribution is -0.125. The molecule has 2 atom stereocenters. The molecule has 29 heavy (non-hydrogen) atoms. The number of amides is 1. The Morgan fingerprint density at radius 2 is 1.83 bits per heavy atom. The van der Waals surface area contributed by atoms with Crippen LogP contribution in [0, 0.1) is 5.92 Å². The van der Waals surface area contributed by atoms with E-state index >= 15 is 0 Å². The number of hydrogen-bond donors (Lipinski definition) is 2. The van der Waals surface area contributed by atoms with E-state index in [9.17, 15) is 4.79 Å². The first-order chi connectivity index (χ1) is 14.1. The Balaban J connectivity index is 1.48. The van der Waals surface area contributed by atoms with Crippen molar-refractivity contribution in [2.75, 3.05) is 26.6 Å². The van der Waals surface area contributed by atoms with Crippen molar-refractivity contribution >= 4 is 5.91 Å². The largest absolute Gasteiger partial charge is 0.454 e. The van der Waals surface area contributed by atoms with Gasteiger partial charge in [-0.3, -0.25) is 4.79 Å². The van der Waals surface area contributed by atoms with Crippen LogP contribution in [0.4, 0.5) is 0 Å². The minimum absolute atomic E-state index is 0.0343. The van der Waals surface area contributed by atoms with Crippen LogP contribution in [0.15, 0.2) is 48.5 Å². The van der Waals surface area contributed by atoms with Gasteiger partial charge in [0.1, 0.15) is 0 Å². The van der Waals surface area contributed by atoms with E-state index < -0.39 is 0 Å². The Morgan fingerprint density at radius 1 is 1.10 bits per heavy atom. The highest BCUT2D eigenvalue weighted by Crippen LogP contribution is 2.40. The van der Waals surface area contributed by atoms with E-state index in [0.29, 0.717) is 19.8 Å². The molecule has 0 bridgehead atoms. The lowest BCUT2D eigenvalue weighted by Crippen LogP contribution is -2.46. The number of nitrogens with one attached hydrogen (secondary N) is 1. The third-order valence-electron chi connectivity index (χ3n) is 6.17. The second-order valence-corrected chi connectivity index (χ2v) is 7.90. The van der Waals surface area contributed by atoms with Crippen molar-refractivity contribution in [3.8, 4) is 11.5 Å². The standard InChI is InChI=1S/C23H28N2O4/c1-16(21(24)17-5-3-2-4-6-17)22(26)25-14-23(9-11-27-12-10-23)18-7-8-19-20(13-18)29-15-28-19/h2-8,13,16,21H,9-12,14-15,24H2,1H3,(H,25,26). The van der Waals surface area contributed by atoms with Crippen molar-refractivity contribution in [2.24, 2.45) is 11.7 Å². The molecular formula is C23H28N2O4. The summed E-state index contributed by atoms with van der Waals surface area (Å²) >= 11 is 0. The van der Waals surface area contributed by atoms with Crippen molar-refractivity contribution in [1.29, 1.82) is 0 Å². The third-order valence-corrected chi connectivity index (χ3v) is 6.17. The van der Waals surface area contributed by atoms with Crippen LogP contribution in [0.1, 0.15) is 36.9 Å². The van der Waals surface area contributed by atoms with Gasteiger partial charge >= 0.3 is 0 Å². The molecule has 6 nitrogen and oxygen atoms in total. The summed E-state index contributed by atoms with van der Waals surface area (Å²) in [6.07, 6.45) is 1.68. The van der Waals surface area contributed by atoms with Gasteiger partial charge in [-0.1, -0.05) is 43.3 Å². The Labute approximate surface area is 171 Å². The van der Waals surface area contributed by atoms with E-state index in [4.69, 9.17) is 19.9 Å². The number of fused-ring (bicyclic) bond motifs is 1. The normalized spacial score (nSPS) is 19.4. The van der Waals surface area contributed by atoms with Gasteiger partial charge in [0.15, 0.2) is 11.5 Å². The lowest BCUT2D eigenvalue weighted by Gasteiger charge is -2.38. The number of hydrogen-bond acceptors (Lipinski definition) is 5. The summed E-state index contributed by atoms with van der Waals surface area (Å²) in [5.41, 5.74) is 8.26. The van der Waals surface area contributed by atoms with Gasteiger partial charge in [0.25, 0.3) is 0 Å². The molecule has 2 aliphatic rings. The molecule has 0 radical (unpaired) electrons. The van der Waals surface area contributed by atoms with Gasteiger partial charge < -0.3 is 25.3 Å². The van der Waals surface area contributed by atoms with Crippen LogP contribution in [0.25, 0.3) is 0 Å². The predicted molar refractivity (Wildman–Crippen MR) is 110 cm³/mol. The number of carbonyl (C=O) groups excluding carboxylic acids is 1. The molecule has 1 fully saturated rings. The number of rotatable bonds is 6. The Bertz CT molecular complexity index is 849. The van der Waals surface area contributed by atoms with Crippen molar-refractivity contribution in [3.63, 3.8) is 0 Å². The summed E-state index contributed by atoms with van der Waals surface area (Å²) in [6.45, 7) is 4.01. The Hall–Kier alpha value is -2.57. The summed E-state index contributed by atoms with van der Waals surface area (Å²) in [5, 5.41) is 3.16. The zero-order valence-corrected chi connectivity index (χ0v) is 16.7. The smallest absolute Gasteiger partial charge is 0.231 e. The highest BCUT2D eigenvalue weighted by atomic mass is 16.7. The molecule has 0 aromatic heterocycles. The summed E-state index contributed by atoms with van der Waals surface area (Å²) in [7, 11) is 0. The number of ether oxygens (including phenoxy) is 3. The van der Waals surface area contributed by atoms with E-state index in [1.54, 1.807) is 0 Å². The van der Waals surface area contributed by atoms with Crippen LogP contribution in [0.2, 0.25) is 0 Å². The van der Waals surface area contributed by atoms with E-state index in [2.05, 4.69) is 11.4 Å². The van der Waals surface area contributed by atoms with Gasteiger partial charge in [-0.2, -0.15) is 0 Å². The first-order valence-electron chi connectivity index (χ1n) is 10.2. The molecule has 4 rings (SSSR count). The molecule has 3 N–H and O–H groups in total. The van der Waals surface area contributed by atoms with E-state index in [0.717, 1.165) is 35.5 Å². The molecule has 1 amide bonds. The van der Waals surface area contributed by atoms with Crippen LogP contribution in [0.3, 0.4) is 0 Å². The lowest BCUT2D eigenvalue weighted by atomic mass is 9.74. The van der Waals surface area contributed by atoms with Crippen LogP contribution < -0.4 is 20.5 Å². The second-order valence-electron chi connectivity index (χ2n) is 7.90. The molecule has 2 aromatic carbocycles. The Kier molecular flexibility index (Phi) is 5.74. The molecule has 2 heterocycles. The fraction of sp³-hybridized carbons (Fsp3) is 0.435. The van der Waals surface area contributed by atoms with Gasteiger partial charge in [0, 0.05) is 31.2 Å². The van der Waals surface area contributed by atoms with Gasteiger partial charge in [-0.05, 0) is 36.1 Å². The van der Waals surface area contributed by atoms with E-state index in [-0.39, 0.29) is 30.1 Å². The molecule has 0 aliphatic carbocycles. The molecule has 154 valence electrons. The quantitative estimate of drug-likeness (QED) is 0.785. The molecule has 0 saturated carbocycles. The van der Waals surface area contributed by atoms with Crippen LogP contribution in [-0.4, -0.2) is 32.5 Å². The summed E-state index contributed by atoms with van der Waals surface area (Å²) in [5.74, 6) is 1.17. The molecule has 1 saturated heterocycles. The molecule has 2 unspecified atom stereocenters. The van der Waals surface area contributed by atoms with Crippen LogP contribution in [0.5, 0.6) is 11.5 Å². The average Bonchev–Trinajstić information content (AvgIpc) is 3.25. The fourth-order valence-corrected chi connectivity index (χ4v) is 4.10. The highest BCUT2D eigenvalue weighted by Gasteiger charge is 2.36. The first kappa shape index (κ1) is 19.7. The van der Waals surface area contributed by atoms with Crippen molar-refractivity contribution in [2.45, 2.75) is 31.2 Å². The second kappa shape index (κ2) is 8.43. The van der Waals surface area contributed by atoms with Crippen molar-refractivity contribution in [1.82, 2.24) is 5.32 Å². The SMILES string of the molecule is CC(C(=O)NCC1(c2ccc3c(c2)OCO3)CCOCC1)C(N)c1ccccc1. The van der Waals surface area contributed by atoms with E-state index in [1.165, 1.54) is 0 Å². The molecule has 0 spiro atoms. The number of nitrogens with two attached hydrogens (primary N) is 1. The average molecular weight is 396 g/mol. The maximum absolute atomic E-state index is 12.9. The van der Waals surface area contributed by atoms with Gasteiger partial charge in [-0.15, -0.1) is 0 Å². The minimum Gasteiger partial charge on any atom is -0.454 e. The molecule has 2 aliphatic heterocycles. The number of benzene rings is 2. The van der Waals surface area contributed by atoms with Crippen LogP contribution in [-0.2, 0) is 14.9 Å². The predicted octanol–water partition coefficient (Wildman–Crippen LogP) is 2.92. The topological polar surface area (TPSA) is 82.8 Å². The minimum atomic E-state index is -0.340. The summed E-state index contributed by atoms with van der Waals surface area (Å²) in [6, 6.07) is 15.5. The fourth-order valence-electron chi connectivity index (χ4n) is 4.10. The molecule has 2 aromatic rings. The monoisotopic (exact) mass is 396 g/mol. The Morgan fingerprint density at radius 3 is 2.59 bits per heavy atom. The number of carbonyl (C=O) groups is 1.